The Balaban J connectivity index is 2.71. The van der Waals surface area contributed by atoms with Gasteiger partial charge in [0.1, 0.15) is 0 Å². The van der Waals surface area contributed by atoms with Crippen LogP contribution in [0.1, 0.15) is 6.42 Å². The first kappa shape index (κ1) is 7.60. The van der Waals surface area contributed by atoms with Gasteiger partial charge in [-0.25, -0.2) is 0 Å². The third-order valence-electron chi connectivity index (χ3n) is 1.39. The molecular weight excluding hydrogens is 148 g/mol. The van der Waals surface area contributed by atoms with E-state index < -0.39 is 0 Å². The number of aliphatic imine (C=N–C) groups is 1. The first-order valence-electron chi connectivity index (χ1n) is 3.10. The molecule has 1 heterocycles. The molecule has 0 fully saturated rings. The van der Waals surface area contributed by atoms with Crippen LogP contribution in [0.15, 0.2) is 4.99 Å². The monoisotopic (exact) mass is 158 g/mol. The zero-order valence-corrected chi connectivity index (χ0v) is 6.94. The molecule has 56 valence electrons. The van der Waals surface area contributed by atoms with Crippen molar-refractivity contribution in [3.05, 3.63) is 0 Å². The molecule has 0 spiro atoms. The average Bonchev–Trinajstić information content (AvgIpc) is 1.94. The van der Waals surface area contributed by atoms with Crippen molar-refractivity contribution < 1.29 is 4.79 Å². The van der Waals surface area contributed by atoms with E-state index in [-0.39, 0.29) is 5.91 Å². The summed E-state index contributed by atoms with van der Waals surface area (Å²) in [6, 6.07) is 0. The molecule has 0 atom stereocenters. The molecule has 1 aliphatic heterocycles. The van der Waals surface area contributed by atoms with E-state index in [0.29, 0.717) is 6.42 Å². The van der Waals surface area contributed by atoms with Crippen molar-refractivity contribution in [1.29, 1.82) is 0 Å². The smallest absolute Gasteiger partial charge is 0.249 e. The highest BCUT2D eigenvalue weighted by Crippen LogP contribution is 2.09. The maximum absolute atomic E-state index is 10.8. The molecule has 1 amide bonds. The van der Waals surface area contributed by atoms with Gasteiger partial charge >= 0.3 is 0 Å². The van der Waals surface area contributed by atoms with Crippen molar-refractivity contribution >= 4 is 22.8 Å². The molecule has 3 nitrogen and oxygen atoms in total. The molecule has 0 aromatic carbocycles. The van der Waals surface area contributed by atoms with Crippen LogP contribution in [0.5, 0.6) is 0 Å². The number of thioether (sulfide) groups is 1. The number of rotatable bonds is 0. The summed E-state index contributed by atoms with van der Waals surface area (Å²) >= 11 is 1.51. The summed E-state index contributed by atoms with van der Waals surface area (Å²) in [6.07, 6.45) is 2.48. The van der Waals surface area contributed by atoms with Crippen LogP contribution >= 0.6 is 11.8 Å². The molecular formula is C6H10N2OS. The molecule has 0 radical (unpaired) electrons. The number of carbonyl (C=O) groups excluding carboxylic acids is 1. The first-order chi connectivity index (χ1) is 4.74. The third-order valence-corrected chi connectivity index (χ3v) is 2.16. The van der Waals surface area contributed by atoms with Gasteiger partial charge < -0.3 is 4.90 Å². The van der Waals surface area contributed by atoms with Gasteiger partial charge in [0, 0.05) is 20.0 Å². The molecule has 0 aromatic rings. The van der Waals surface area contributed by atoms with Crippen LogP contribution in [0.25, 0.3) is 0 Å². The maximum Gasteiger partial charge on any atom is 0.249 e. The van der Waals surface area contributed by atoms with Crippen molar-refractivity contribution in [3.63, 3.8) is 0 Å². The molecule has 1 aliphatic rings. The number of carbonyl (C=O) groups is 1. The second kappa shape index (κ2) is 3.05. The molecule has 0 aromatic heterocycles. The van der Waals surface area contributed by atoms with Gasteiger partial charge in [-0.15, -0.1) is 0 Å². The van der Waals surface area contributed by atoms with E-state index in [1.807, 2.05) is 18.2 Å². The lowest BCUT2D eigenvalue weighted by Gasteiger charge is -2.21. The molecule has 10 heavy (non-hydrogen) atoms. The number of amidine groups is 1. The zero-order chi connectivity index (χ0) is 7.56. The standard InChI is InChI=1S/C6H10N2OS/c1-8-4-3-5(9)7-6(8)10-2/h3-4H2,1-2H3. The highest BCUT2D eigenvalue weighted by molar-refractivity contribution is 8.13. The van der Waals surface area contributed by atoms with Gasteiger partial charge in [0.25, 0.3) is 0 Å². The Labute approximate surface area is 64.5 Å². The predicted molar refractivity (Wildman–Crippen MR) is 43.2 cm³/mol. The quantitative estimate of drug-likeness (QED) is 0.516. The van der Waals surface area contributed by atoms with E-state index in [1.165, 1.54) is 11.8 Å². The molecule has 0 saturated carbocycles. The highest BCUT2D eigenvalue weighted by Gasteiger charge is 2.14. The summed E-state index contributed by atoms with van der Waals surface area (Å²) in [5.41, 5.74) is 0. The molecule has 0 bridgehead atoms. The Bertz CT molecular complexity index is 179. The van der Waals surface area contributed by atoms with Gasteiger partial charge in [0.05, 0.1) is 0 Å². The van der Waals surface area contributed by atoms with Crippen molar-refractivity contribution in [2.45, 2.75) is 6.42 Å². The second-order valence-corrected chi connectivity index (χ2v) is 2.94. The Kier molecular flexibility index (Phi) is 2.32. The van der Waals surface area contributed by atoms with Crippen molar-refractivity contribution in [2.24, 2.45) is 4.99 Å². The van der Waals surface area contributed by atoms with Gasteiger partial charge in [-0.1, -0.05) is 11.8 Å². The molecule has 4 heteroatoms. The van der Waals surface area contributed by atoms with Crippen LogP contribution in [0.3, 0.4) is 0 Å². The van der Waals surface area contributed by atoms with E-state index >= 15 is 0 Å². The Morgan fingerprint density at radius 1 is 1.70 bits per heavy atom. The maximum atomic E-state index is 10.8. The van der Waals surface area contributed by atoms with Crippen LogP contribution in [-0.2, 0) is 4.79 Å². The van der Waals surface area contributed by atoms with E-state index in [0.717, 1.165) is 11.7 Å². The summed E-state index contributed by atoms with van der Waals surface area (Å²) in [5.74, 6) is 0.00227. The van der Waals surface area contributed by atoms with E-state index in [1.54, 1.807) is 0 Å². The average molecular weight is 158 g/mol. The van der Waals surface area contributed by atoms with E-state index in [2.05, 4.69) is 4.99 Å². The Hall–Kier alpha value is -0.510. The van der Waals surface area contributed by atoms with Crippen molar-refractivity contribution in [3.8, 4) is 0 Å². The summed E-state index contributed by atoms with van der Waals surface area (Å²) in [6.45, 7) is 0.804. The Morgan fingerprint density at radius 2 is 2.40 bits per heavy atom. The van der Waals surface area contributed by atoms with Crippen LogP contribution in [0, 0.1) is 0 Å². The normalized spacial score (nSPS) is 19.2. The van der Waals surface area contributed by atoms with Crippen LogP contribution < -0.4 is 0 Å². The fourth-order valence-electron chi connectivity index (χ4n) is 0.808. The fraction of sp³-hybridized carbons (Fsp3) is 0.667. The zero-order valence-electron chi connectivity index (χ0n) is 6.13. The summed E-state index contributed by atoms with van der Waals surface area (Å²) < 4.78 is 0. The van der Waals surface area contributed by atoms with Crippen LogP contribution in [-0.4, -0.2) is 35.8 Å². The number of hydrogen-bond donors (Lipinski definition) is 0. The Morgan fingerprint density at radius 3 is 2.90 bits per heavy atom. The molecule has 0 N–H and O–H groups in total. The van der Waals surface area contributed by atoms with Gasteiger partial charge in [-0.2, -0.15) is 4.99 Å². The van der Waals surface area contributed by atoms with Gasteiger partial charge in [-0.05, 0) is 6.26 Å². The molecule has 1 rings (SSSR count). The number of hydrogen-bond acceptors (Lipinski definition) is 3. The fourth-order valence-corrected chi connectivity index (χ4v) is 1.40. The number of amides is 1. The lowest BCUT2D eigenvalue weighted by Crippen LogP contribution is -2.31. The van der Waals surface area contributed by atoms with Crippen LogP contribution in [0.2, 0.25) is 0 Å². The molecule has 0 aliphatic carbocycles. The number of nitrogens with zero attached hydrogens (tertiary/aromatic N) is 2. The van der Waals surface area contributed by atoms with E-state index in [4.69, 9.17) is 0 Å². The minimum absolute atomic E-state index is 0.00227. The molecule has 0 unspecified atom stereocenters. The minimum Gasteiger partial charge on any atom is -0.354 e. The van der Waals surface area contributed by atoms with Gasteiger partial charge in [-0.3, -0.25) is 4.79 Å². The van der Waals surface area contributed by atoms with E-state index in [9.17, 15) is 4.79 Å². The predicted octanol–water partition coefficient (Wildman–Crippen LogP) is 0.568. The largest absolute Gasteiger partial charge is 0.354 e. The topological polar surface area (TPSA) is 32.7 Å². The highest BCUT2D eigenvalue weighted by atomic mass is 32.2. The summed E-state index contributed by atoms with van der Waals surface area (Å²) in [5, 5.41) is 0.830. The molecule has 0 saturated heterocycles. The summed E-state index contributed by atoms with van der Waals surface area (Å²) in [4.78, 5) is 16.6. The van der Waals surface area contributed by atoms with Crippen LogP contribution in [0.4, 0.5) is 0 Å². The first-order valence-corrected chi connectivity index (χ1v) is 4.33. The van der Waals surface area contributed by atoms with Gasteiger partial charge in [0.15, 0.2) is 5.17 Å². The lowest BCUT2D eigenvalue weighted by atomic mass is 10.3. The van der Waals surface area contributed by atoms with Crippen molar-refractivity contribution in [2.75, 3.05) is 19.8 Å². The third kappa shape index (κ3) is 1.50. The second-order valence-electron chi connectivity index (χ2n) is 2.16. The lowest BCUT2D eigenvalue weighted by molar-refractivity contribution is -0.118. The SMILES string of the molecule is CSC1=NC(=O)CCN1C. The van der Waals surface area contributed by atoms with Crippen molar-refractivity contribution in [1.82, 2.24) is 4.90 Å². The van der Waals surface area contributed by atoms with Gasteiger partial charge in [0.2, 0.25) is 5.91 Å². The summed E-state index contributed by atoms with van der Waals surface area (Å²) in [7, 11) is 1.95. The minimum atomic E-state index is 0.00227.